The van der Waals surface area contributed by atoms with Crippen LogP contribution in [0.15, 0.2) is 24.3 Å². The number of halogens is 2. The normalized spacial score (nSPS) is 19.1. The van der Waals surface area contributed by atoms with Crippen LogP contribution in [-0.2, 0) is 0 Å². The first kappa shape index (κ1) is 16.7. The highest BCUT2D eigenvalue weighted by Crippen LogP contribution is 2.26. The summed E-state index contributed by atoms with van der Waals surface area (Å²) in [6.07, 6.45) is 5.43. The van der Waals surface area contributed by atoms with Gasteiger partial charge in [-0.1, -0.05) is 31.9 Å². The lowest BCUT2D eigenvalue weighted by molar-refractivity contribution is -0.0502. The third-order valence-electron chi connectivity index (χ3n) is 4.17. The van der Waals surface area contributed by atoms with Gasteiger partial charge in [0.1, 0.15) is 5.75 Å². The molecule has 122 valence electrons. The summed E-state index contributed by atoms with van der Waals surface area (Å²) in [7, 11) is 0. The fourth-order valence-corrected chi connectivity index (χ4v) is 3.08. The van der Waals surface area contributed by atoms with E-state index < -0.39 is 6.61 Å². The Morgan fingerprint density at radius 1 is 1.32 bits per heavy atom. The molecule has 5 heteroatoms. The Balaban J connectivity index is 2.08. The van der Waals surface area contributed by atoms with E-state index in [9.17, 15) is 13.6 Å². The SMILES string of the molecule is CCCC1CCCN(C(=O)c2ccccc2OC(F)F)CC1. The van der Waals surface area contributed by atoms with Gasteiger partial charge in [-0.15, -0.1) is 0 Å². The van der Waals surface area contributed by atoms with Gasteiger partial charge in [0.25, 0.3) is 5.91 Å². The number of hydrogen-bond donors (Lipinski definition) is 0. The van der Waals surface area contributed by atoms with Gasteiger partial charge in [0.05, 0.1) is 5.56 Å². The zero-order chi connectivity index (χ0) is 15.9. The van der Waals surface area contributed by atoms with E-state index in [4.69, 9.17) is 0 Å². The number of carbonyl (C=O) groups excluding carboxylic acids is 1. The Labute approximate surface area is 130 Å². The smallest absolute Gasteiger partial charge is 0.387 e. The number of hydrogen-bond acceptors (Lipinski definition) is 2. The minimum Gasteiger partial charge on any atom is -0.434 e. The number of rotatable bonds is 5. The number of carbonyl (C=O) groups is 1. The Bertz CT molecular complexity index is 493. The highest BCUT2D eigenvalue weighted by atomic mass is 19.3. The summed E-state index contributed by atoms with van der Waals surface area (Å²) in [5.74, 6) is 0.403. The average Bonchev–Trinajstić information content (AvgIpc) is 2.73. The quantitative estimate of drug-likeness (QED) is 0.810. The van der Waals surface area contributed by atoms with E-state index in [0.29, 0.717) is 19.0 Å². The van der Waals surface area contributed by atoms with Crippen molar-refractivity contribution < 1.29 is 18.3 Å². The van der Waals surface area contributed by atoms with Crippen LogP contribution in [0.25, 0.3) is 0 Å². The molecule has 1 fully saturated rings. The van der Waals surface area contributed by atoms with E-state index in [2.05, 4.69) is 11.7 Å². The van der Waals surface area contributed by atoms with Crippen molar-refractivity contribution >= 4 is 5.91 Å². The molecule has 0 bridgehead atoms. The van der Waals surface area contributed by atoms with Gasteiger partial charge in [-0.05, 0) is 37.3 Å². The van der Waals surface area contributed by atoms with Crippen molar-refractivity contribution in [1.29, 1.82) is 0 Å². The van der Waals surface area contributed by atoms with Crippen LogP contribution < -0.4 is 4.74 Å². The number of ether oxygens (including phenoxy) is 1. The zero-order valence-corrected chi connectivity index (χ0v) is 12.9. The average molecular weight is 311 g/mol. The molecule has 1 unspecified atom stereocenters. The molecule has 0 radical (unpaired) electrons. The fraction of sp³-hybridized carbons (Fsp3) is 0.588. The Morgan fingerprint density at radius 2 is 2.09 bits per heavy atom. The lowest BCUT2D eigenvalue weighted by atomic mass is 9.96. The van der Waals surface area contributed by atoms with Crippen molar-refractivity contribution in [3.8, 4) is 5.75 Å². The first-order valence-corrected chi connectivity index (χ1v) is 7.95. The zero-order valence-electron chi connectivity index (χ0n) is 12.9. The third kappa shape index (κ3) is 4.42. The highest BCUT2D eigenvalue weighted by molar-refractivity contribution is 5.97. The summed E-state index contributed by atoms with van der Waals surface area (Å²) < 4.78 is 29.4. The molecule has 1 saturated heterocycles. The van der Waals surface area contributed by atoms with E-state index in [1.165, 1.54) is 12.5 Å². The molecule has 1 heterocycles. The summed E-state index contributed by atoms with van der Waals surface area (Å²) in [6, 6.07) is 6.23. The summed E-state index contributed by atoms with van der Waals surface area (Å²) in [6.45, 7) is 0.618. The summed E-state index contributed by atoms with van der Waals surface area (Å²) >= 11 is 0. The largest absolute Gasteiger partial charge is 0.434 e. The lowest BCUT2D eigenvalue weighted by Gasteiger charge is -2.22. The van der Waals surface area contributed by atoms with Crippen LogP contribution in [0.1, 0.15) is 49.4 Å². The first-order chi connectivity index (χ1) is 10.6. The van der Waals surface area contributed by atoms with Gasteiger partial charge in [-0.3, -0.25) is 4.79 Å². The van der Waals surface area contributed by atoms with Gasteiger partial charge >= 0.3 is 6.61 Å². The number of benzene rings is 1. The molecule has 1 aromatic carbocycles. The molecule has 0 aromatic heterocycles. The van der Waals surface area contributed by atoms with Crippen LogP contribution in [0, 0.1) is 5.92 Å². The van der Waals surface area contributed by atoms with Gasteiger partial charge < -0.3 is 9.64 Å². The van der Waals surface area contributed by atoms with E-state index >= 15 is 0 Å². The second-order valence-corrected chi connectivity index (χ2v) is 5.75. The summed E-state index contributed by atoms with van der Waals surface area (Å²) in [5.41, 5.74) is 0.219. The van der Waals surface area contributed by atoms with Crippen molar-refractivity contribution in [1.82, 2.24) is 4.90 Å². The first-order valence-electron chi connectivity index (χ1n) is 7.95. The van der Waals surface area contributed by atoms with Crippen LogP contribution in [-0.4, -0.2) is 30.5 Å². The van der Waals surface area contributed by atoms with Crippen molar-refractivity contribution in [3.63, 3.8) is 0 Å². The maximum atomic E-state index is 12.6. The van der Waals surface area contributed by atoms with Crippen LogP contribution in [0.5, 0.6) is 5.75 Å². The molecule has 0 spiro atoms. The van der Waals surface area contributed by atoms with E-state index in [-0.39, 0.29) is 17.2 Å². The second kappa shape index (κ2) is 8.11. The van der Waals surface area contributed by atoms with Crippen LogP contribution in [0.3, 0.4) is 0 Å². The van der Waals surface area contributed by atoms with Gasteiger partial charge in [0.2, 0.25) is 0 Å². The lowest BCUT2D eigenvalue weighted by Crippen LogP contribution is -2.32. The van der Waals surface area contributed by atoms with E-state index in [1.54, 1.807) is 23.1 Å². The van der Waals surface area contributed by atoms with E-state index in [0.717, 1.165) is 25.7 Å². The van der Waals surface area contributed by atoms with Crippen molar-refractivity contribution in [2.24, 2.45) is 5.92 Å². The molecule has 1 aliphatic heterocycles. The predicted molar refractivity (Wildman–Crippen MR) is 81.2 cm³/mol. The monoisotopic (exact) mass is 311 g/mol. The molecule has 1 aliphatic rings. The molecule has 2 rings (SSSR count). The number of nitrogens with zero attached hydrogens (tertiary/aromatic N) is 1. The van der Waals surface area contributed by atoms with Crippen LogP contribution in [0.2, 0.25) is 0 Å². The summed E-state index contributed by atoms with van der Waals surface area (Å²) in [4.78, 5) is 14.4. The Hall–Kier alpha value is -1.65. The Morgan fingerprint density at radius 3 is 2.82 bits per heavy atom. The van der Waals surface area contributed by atoms with Crippen molar-refractivity contribution in [2.45, 2.75) is 45.6 Å². The molecule has 3 nitrogen and oxygen atoms in total. The molecule has 0 N–H and O–H groups in total. The standard InChI is InChI=1S/C17H23F2NO2/c1-2-6-13-7-5-11-20(12-10-13)16(21)14-8-3-4-9-15(14)22-17(18)19/h3-4,8-9,13,17H,2,5-7,10-12H2,1H3. The minimum absolute atomic E-state index is 0.0446. The second-order valence-electron chi connectivity index (χ2n) is 5.75. The molecule has 1 aromatic rings. The van der Waals surface area contributed by atoms with Gasteiger partial charge in [-0.2, -0.15) is 8.78 Å². The predicted octanol–water partition coefficient (Wildman–Crippen LogP) is 4.33. The maximum Gasteiger partial charge on any atom is 0.387 e. The number of para-hydroxylation sites is 1. The summed E-state index contributed by atoms with van der Waals surface area (Å²) in [5, 5.41) is 0. The third-order valence-corrected chi connectivity index (χ3v) is 4.17. The molecule has 0 aliphatic carbocycles. The fourth-order valence-electron chi connectivity index (χ4n) is 3.08. The minimum atomic E-state index is -2.92. The van der Waals surface area contributed by atoms with Gasteiger partial charge in [-0.25, -0.2) is 0 Å². The molecular weight excluding hydrogens is 288 g/mol. The van der Waals surface area contributed by atoms with Crippen molar-refractivity contribution in [2.75, 3.05) is 13.1 Å². The van der Waals surface area contributed by atoms with Crippen LogP contribution in [0.4, 0.5) is 8.78 Å². The Kier molecular flexibility index (Phi) is 6.16. The molecule has 1 amide bonds. The number of alkyl halides is 2. The topological polar surface area (TPSA) is 29.5 Å². The van der Waals surface area contributed by atoms with Gasteiger partial charge in [0.15, 0.2) is 0 Å². The molecule has 0 saturated carbocycles. The molecule has 22 heavy (non-hydrogen) atoms. The van der Waals surface area contributed by atoms with Gasteiger partial charge in [0, 0.05) is 13.1 Å². The maximum absolute atomic E-state index is 12.6. The highest BCUT2D eigenvalue weighted by Gasteiger charge is 2.24. The van der Waals surface area contributed by atoms with Crippen LogP contribution >= 0.6 is 0 Å². The number of likely N-dealkylation sites (tertiary alicyclic amines) is 1. The molecular formula is C17H23F2NO2. The number of amides is 1. The molecule has 1 atom stereocenters. The van der Waals surface area contributed by atoms with Crippen molar-refractivity contribution in [3.05, 3.63) is 29.8 Å². The van der Waals surface area contributed by atoms with E-state index in [1.807, 2.05) is 0 Å².